The molecular weight excluding hydrogens is 498 g/mol. The average molecular weight is 534 g/mol. The fraction of sp³-hybridized carbons (Fsp3) is 0.323. The van der Waals surface area contributed by atoms with Crippen molar-refractivity contribution in [1.29, 1.82) is 0 Å². The minimum atomic E-state index is -0.876. The van der Waals surface area contributed by atoms with Crippen LogP contribution in [0.3, 0.4) is 0 Å². The molecule has 1 unspecified atom stereocenters. The maximum Gasteiger partial charge on any atom is 0.391 e. The van der Waals surface area contributed by atoms with Crippen LogP contribution in [0.25, 0.3) is 5.57 Å². The Kier molecular flexibility index (Phi) is 6.36. The zero-order valence-corrected chi connectivity index (χ0v) is 23.3. The van der Waals surface area contributed by atoms with E-state index in [1.54, 1.807) is 0 Å². The fourth-order valence-corrected chi connectivity index (χ4v) is 5.73. The van der Waals surface area contributed by atoms with Gasteiger partial charge >= 0.3 is 5.97 Å². The van der Waals surface area contributed by atoms with Crippen molar-refractivity contribution < 1.29 is 9.90 Å². The van der Waals surface area contributed by atoms with Crippen LogP contribution in [0, 0.1) is 6.92 Å². The highest BCUT2D eigenvalue weighted by Crippen LogP contribution is 2.53. The summed E-state index contributed by atoms with van der Waals surface area (Å²) in [6, 6.07) is 22.9. The van der Waals surface area contributed by atoms with E-state index in [0.717, 1.165) is 38.0 Å². The van der Waals surface area contributed by atoms with E-state index in [4.69, 9.17) is 0 Å². The highest BCUT2D eigenvalue weighted by atomic mass is 79.9. The van der Waals surface area contributed by atoms with Gasteiger partial charge in [0.05, 0.1) is 11.1 Å². The molecule has 0 fully saturated rings. The second kappa shape index (κ2) is 8.76. The van der Waals surface area contributed by atoms with Crippen molar-refractivity contribution in [1.82, 2.24) is 4.48 Å². The number of para-hydroxylation sites is 1. The molecule has 0 amide bonds. The third-order valence-electron chi connectivity index (χ3n) is 7.31. The number of hydrogen-bond donors (Lipinski definition) is 1. The molecule has 1 heterocycles. The van der Waals surface area contributed by atoms with Gasteiger partial charge in [-0.15, -0.1) is 0 Å². The molecule has 3 aromatic rings. The number of quaternary nitrogens is 1. The third-order valence-corrected chi connectivity index (χ3v) is 7.80. The fourth-order valence-electron chi connectivity index (χ4n) is 5.32. The highest BCUT2D eigenvalue weighted by Gasteiger charge is 2.56. The van der Waals surface area contributed by atoms with E-state index in [1.807, 2.05) is 18.2 Å². The lowest BCUT2D eigenvalue weighted by molar-refractivity contribution is -0.135. The number of nitrogens with zero attached hydrogens (tertiary/aromatic N) is 1. The van der Waals surface area contributed by atoms with Gasteiger partial charge in [0.1, 0.15) is 17.8 Å². The molecule has 35 heavy (non-hydrogen) atoms. The van der Waals surface area contributed by atoms with Gasteiger partial charge in [-0.05, 0) is 68.0 Å². The summed E-state index contributed by atoms with van der Waals surface area (Å²) < 4.78 is 1.24. The normalized spacial score (nSPS) is 18.1. The summed E-state index contributed by atoms with van der Waals surface area (Å²) in [4.78, 5) is 13.2. The largest absolute Gasteiger partial charge is 0.474 e. The van der Waals surface area contributed by atoms with Crippen molar-refractivity contribution in [2.24, 2.45) is 0 Å². The number of rotatable bonds is 4. The first kappa shape index (κ1) is 25.4. The van der Waals surface area contributed by atoms with E-state index >= 15 is 0 Å². The third kappa shape index (κ3) is 4.28. The van der Waals surface area contributed by atoms with E-state index in [1.165, 1.54) is 5.56 Å². The predicted octanol–water partition coefficient (Wildman–Crippen LogP) is 8.22. The Morgan fingerprint density at radius 2 is 1.54 bits per heavy atom. The molecular formula is C31H35BrNO2+. The van der Waals surface area contributed by atoms with Crippen molar-refractivity contribution in [2.75, 3.05) is 0 Å². The van der Waals surface area contributed by atoms with Gasteiger partial charge in [-0.25, -0.2) is 9.28 Å². The maximum absolute atomic E-state index is 13.2. The number of carboxylic acids is 1. The van der Waals surface area contributed by atoms with E-state index in [2.05, 4.69) is 113 Å². The molecule has 1 atom stereocenters. The molecule has 0 saturated carbocycles. The summed E-state index contributed by atoms with van der Waals surface area (Å²) in [6.07, 6.45) is 0. The SMILES string of the molecule is Cc1ccc(Br)cc1C[N+]1(C(C)(C)C)C(C(=O)O)=C(c2ccc(C(C)(C)C)cc2)c2ccccc21. The predicted molar refractivity (Wildman–Crippen MR) is 149 cm³/mol. The molecule has 0 radical (unpaired) electrons. The summed E-state index contributed by atoms with van der Waals surface area (Å²) in [5.74, 6) is -0.876. The Labute approximate surface area is 217 Å². The first-order chi connectivity index (χ1) is 16.3. The van der Waals surface area contributed by atoms with Gasteiger partial charge in [-0.2, -0.15) is 0 Å². The van der Waals surface area contributed by atoms with Gasteiger partial charge in [0, 0.05) is 16.1 Å². The first-order valence-electron chi connectivity index (χ1n) is 12.1. The number of hydrogen-bond acceptors (Lipinski definition) is 1. The van der Waals surface area contributed by atoms with Crippen LogP contribution in [0.5, 0.6) is 0 Å². The standard InChI is InChI=1S/C31H34BrNO2/c1-20-12-17-24(32)18-22(20)19-33(31(5,6)7)26-11-9-8-10-25(26)27(28(33)29(34)35)21-13-15-23(16-14-21)30(2,3)4/h8-18H,19H2,1-7H3/p+1. The Hall–Kier alpha value is -2.69. The lowest BCUT2D eigenvalue weighted by Gasteiger charge is -2.46. The van der Waals surface area contributed by atoms with Gasteiger partial charge in [0.25, 0.3) is 0 Å². The van der Waals surface area contributed by atoms with Crippen molar-refractivity contribution in [2.45, 2.75) is 66.0 Å². The summed E-state index contributed by atoms with van der Waals surface area (Å²) in [6.45, 7) is 15.7. The Morgan fingerprint density at radius 3 is 2.11 bits per heavy atom. The van der Waals surface area contributed by atoms with Crippen molar-refractivity contribution >= 4 is 33.2 Å². The molecule has 1 N–H and O–H groups in total. The number of benzene rings is 3. The summed E-state index contributed by atoms with van der Waals surface area (Å²) in [5.41, 5.74) is 7.35. The smallest absolute Gasteiger partial charge is 0.391 e. The van der Waals surface area contributed by atoms with E-state index in [-0.39, 0.29) is 9.90 Å². The summed E-state index contributed by atoms with van der Waals surface area (Å²) >= 11 is 3.63. The second-order valence-corrected chi connectivity index (χ2v) is 12.5. The van der Waals surface area contributed by atoms with E-state index in [0.29, 0.717) is 12.2 Å². The van der Waals surface area contributed by atoms with Crippen LogP contribution in [0.15, 0.2) is 76.9 Å². The zero-order valence-electron chi connectivity index (χ0n) is 21.7. The quantitative estimate of drug-likeness (QED) is 0.343. The van der Waals surface area contributed by atoms with E-state index < -0.39 is 11.5 Å². The minimum Gasteiger partial charge on any atom is -0.474 e. The van der Waals surface area contributed by atoms with Gasteiger partial charge in [-0.3, -0.25) is 0 Å². The zero-order chi connectivity index (χ0) is 25.8. The summed E-state index contributed by atoms with van der Waals surface area (Å²) in [7, 11) is 0. The topological polar surface area (TPSA) is 37.3 Å². The number of halogens is 1. The summed E-state index contributed by atoms with van der Waals surface area (Å²) in [5, 5.41) is 10.8. The van der Waals surface area contributed by atoms with Crippen LogP contribution in [0.2, 0.25) is 0 Å². The molecule has 1 aliphatic rings. The molecule has 1 aliphatic heterocycles. The second-order valence-electron chi connectivity index (χ2n) is 11.6. The van der Waals surface area contributed by atoms with Crippen LogP contribution in [-0.2, 0) is 16.8 Å². The van der Waals surface area contributed by atoms with Crippen LogP contribution >= 0.6 is 15.9 Å². The first-order valence-corrected chi connectivity index (χ1v) is 12.9. The van der Waals surface area contributed by atoms with E-state index in [9.17, 15) is 9.90 Å². The lowest BCUT2D eigenvalue weighted by Crippen LogP contribution is -2.60. The maximum atomic E-state index is 13.2. The minimum absolute atomic E-state index is 0.0274. The molecule has 0 spiro atoms. The van der Waals surface area contributed by atoms with Gasteiger partial charge in [0.2, 0.25) is 5.70 Å². The molecule has 3 nitrogen and oxygen atoms in total. The van der Waals surface area contributed by atoms with Crippen molar-refractivity contribution in [3.63, 3.8) is 0 Å². The molecule has 0 bridgehead atoms. The van der Waals surface area contributed by atoms with Crippen molar-refractivity contribution in [3.05, 3.63) is 105 Å². The number of aryl methyl sites for hydroxylation is 1. The lowest BCUT2D eigenvalue weighted by atomic mass is 9.85. The molecule has 182 valence electrons. The average Bonchev–Trinajstić information content (AvgIpc) is 3.07. The molecule has 4 rings (SSSR count). The number of fused-ring (bicyclic) bond motifs is 1. The molecule has 0 aromatic heterocycles. The van der Waals surface area contributed by atoms with Crippen LogP contribution in [0.1, 0.15) is 69.4 Å². The number of aliphatic carboxylic acids is 1. The highest BCUT2D eigenvalue weighted by molar-refractivity contribution is 9.10. The molecule has 0 saturated heterocycles. The molecule has 3 aromatic carbocycles. The van der Waals surface area contributed by atoms with Crippen LogP contribution in [0.4, 0.5) is 5.69 Å². The Morgan fingerprint density at radius 1 is 0.914 bits per heavy atom. The van der Waals surface area contributed by atoms with Gasteiger partial charge in [0.15, 0.2) is 0 Å². The monoisotopic (exact) mass is 532 g/mol. The molecule has 0 aliphatic carbocycles. The molecule has 4 heteroatoms. The number of carbonyl (C=O) groups is 1. The van der Waals surface area contributed by atoms with Gasteiger partial charge < -0.3 is 5.11 Å². The van der Waals surface area contributed by atoms with Crippen LogP contribution in [-0.4, -0.2) is 16.6 Å². The van der Waals surface area contributed by atoms with Gasteiger partial charge in [-0.1, -0.05) is 79.2 Å². The number of carboxylic acid groups (broad SMARTS) is 1. The van der Waals surface area contributed by atoms with Crippen LogP contribution < -0.4 is 4.48 Å². The van der Waals surface area contributed by atoms with Crippen molar-refractivity contribution in [3.8, 4) is 0 Å². The Bertz CT molecular complexity index is 1320. The Balaban J connectivity index is 2.06.